The van der Waals surface area contributed by atoms with Crippen molar-refractivity contribution in [1.29, 1.82) is 0 Å². The second-order valence-electron chi connectivity index (χ2n) is 6.29. The smallest absolute Gasteiger partial charge is 0.123 e. The molecule has 24 heavy (non-hydrogen) atoms. The Bertz CT molecular complexity index is 736. The van der Waals surface area contributed by atoms with Crippen LogP contribution in [0.3, 0.4) is 0 Å². The molecular formula is C20H22Cl2FN. The Morgan fingerprint density at radius 2 is 1.71 bits per heavy atom. The van der Waals surface area contributed by atoms with Gasteiger partial charge in [-0.1, -0.05) is 56.1 Å². The van der Waals surface area contributed by atoms with Crippen LogP contribution in [-0.2, 0) is 5.41 Å². The summed E-state index contributed by atoms with van der Waals surface area (Å²) in [5.41, 5.74) is 2.85. The molecule has 4 heteroatoms. The van der Waals surface area contributed by atoms with Gasteiger partial charge in [0.2, 0.25) is 0 Å². The van der Waals surface area contributed by atoms with E-state index >= 15 is 0 Å². The topological polar surface area (TPSA) is 3.24 Å². The van der Waals surface area contributed by atoms with E-state index in [1.165, 1.54) is 12.1 Å². The summed E-state index contributed by atoms with van der Waals surface area (Å²) in [5.74, 6) is -0.239. The lowest BCUT2D eigenvalue weighted by molar-refractivity contribution is 0.599. The SMILES string of the molecule is CCC=C(N(C)c1ccc(F)cc1)C(C)(C)c1ccc(Cl)c(Cl)c1. The van der Waals surface area contributed by atoms with Gasteiger partial charge in [0.25, 0.3) is 0 Å². The molecule has 2 rings (SSSR count). The number of rotatable bonds is 5. The van der Waals surface area contributed by atoms with Crippen molar-refractivity contribution in [3.63, 3.8) is 0 Å². The van der Waals surface area contributed by atoms with Crippen LogP contribution in [0, 0.1) is 5.82 Å². The van der Waals surface area contributed by atoms with Crippen LogP contribution in [0.15, 0.2) is 54.2 Å². The van der Waals surface area contributed by atoms with Gasteiger partial charge in [0, 0.05) is 23.8 Å². The van der Waals surface area contributed by atoms with E-state index in [9.17, 15) is 4.39 Å². The molecule has 0 atom stereocenters. The summed E-state index contributed by atoms with van der Waals surface area (Å²) in [6.45, 7) is 6.39. The van der Waals surface area contributed by atoms with Gasteiger partial charge in [0.1, 0.15) is 5.82 Å². The monoisotopic (exact) mass is 365 g/mol. The summed E-state index contributed by atoms with van der Waals surface area (Å²) in [4.78, 5) is 2.09. The number of allylic oxidation sites excluding steroid dienone is 2. The van der Waals surface area contributed by atoms with Crippen molar-refractivity contribution in [2.75, 3.05) is 11.9 Å². The average Bonchev–Trinajstić information content (AvgIpc) is 2.55. The Morgan fingerprint density at radius 3 is 2.25 bits per heavy atom. The van der Waals surface area contributed by atoms with Crippen LogP contribution in [0.25, 0.3) is 0 Å². The number of hydrogen-bond donors (Lipinski definition) is 0. The van der Waals surface area contributed by atoms with Gasteiger partial charge in [0.15, 0.2) is 0 Å². The third kappa shape index (κ3) is 3.93. The third-order valence-electron chi connectivity index (χ3n) is 4.25. The first-order valence-corrected chi connectivity index (χ1v) is 8.68. The standard InChI is InChI=1S/C20H22Cl2FN/c1-5-6-19(24(4)16-10-8-15(23)9-11-16)20(2,3)14-7-12-17(21)18(22)13-14/h6-13H,5H2,1-4H3. The Morgan fingerprint density at radius 1 is 1.08 bits per heavy atom. The molecule has 0 amide bonds. The molecule has 1 nitrogen and oxygen atoms in total. The fourth-order valence-corrected chi connectivity index (χ4v) is 3.14. The highest BCUT2D eigenvalue weighted by molar-refractivity contribution is 6.42. The van der Waals surface area contributed by atoms with Gasteiger partial charge in [-0.3, -0.25) is 0 Å². The molecule has 2 aromatic carbocycles. The largest absolute Gasteiger partial charge is 0.348 e. The summed E-state index contributed by atoms with van der Waals surface area (Å²) in [6, 6.07) is 12.2. The first kappa shape index (κ1) is 18.8. The number of benzene rings is 2. The minimum absolute atomic E-state index is 0.239. The summed E-state index contributed by atoms with van der Waals surface area (Å²) in [6.07, 6.45) is 3.08. The molecule has 0 aromatic heterocycles. The average molecular weight is 366 g/mol. The van der Waals surface area contributed by atoms with Gasteiger partial charge in [0.05, 0.1) is 10.0 Å². The third-order valence-corrected chi connectivity index (χ3v) is 4.99. The minimum atomic E-state index is -0.284. The van der Waals surface area contributed by atoms with Crippen LogP contribution in [0.5, 0.6) is 0 Å². The Kier molecular flexibility index (Phi) is 5.95. The zero-order valence-electron chi connectivity index (χ0n) is 14.4. The molecule has 0 aliphatic carbocycles. The van der Waals surface area contributed by atoms with Crippen LogP contribution in [0.1, 0.15) is 32.8 Å². The Hall–Kier alpha value is -1.51. The number of anilines is 1. The van der Waals surface area contributed by atoms with Gasteiger partial charge < -0.3 is 4.90 Å². The van der Waals surface area contributed by atoms with Gasteiger partial charge in [-0.25, -0.2) is 4.39 Å². The molecule has 128 valence electrons. The van der Waals surface area contributed by atoms with Crippen molar-refractivity contribution in [3.05, 3.63) is 75.7 Å². The van der Waals surface area contributed by atoms with Crippen LogP contribution >= 0.6 is 23.2 Å². The van der Waals surface area contributed by atoms with E-state index < -0.39 is 0 Å². The minimum Gasteiger partial charge on any atom is -0.348 e. The molecule has 0 spiro atoms. The molecule has 0 heterocycles. The van der Waals surface area contributed by atoms with Crippen LogP contribution in [0.4, 0.5) is 10.1 Å². The Labute approximate surface area is 153 Å². The van der Waals surface area contributed by atoms with Gasteiger partial charge >= 0.3 is 0 Å². The number of likely N-dealkylation sites (N-methyl/N-ethyl adjacent to an activating group) is 1. The summed E-state index contributed by atoms with van der Waals surface area (Å²) < 4.78 is 13.2. The second kappa shape index (κ2) is 7.58. The van der Waals surface area contributed by atoms with E-state index in [2.05, 4.69) is 31.7 Å². The van der Waals surface area contributed by atoms with Crippen molar-refractivity contribution in [2.24, 2.45) is 0 Å². The lowest BCUT2D eigenvalue weighted by Gasteiger charge is -2.36. The van der Waals surface area contributed by atoms with Crippen molar-refractivity contribution in [1.82, 2.24) is 0 Å². The van der Waals surface area contributed by atoms with Gasteiger partial charge in [-0.15, -0.1) is 0 Å². The van der Waals surface area contributed by atoms with Crippen LogP contribution < -0.4 is 4.90 Å². The van der Waals surface area contributed by atoms with E-state index in [0.717, 1.165) is 23.4 Å². The van der Waals surface area contributed by atoms with Gasteiger partial charge in [-0.2, -0.15) is 0 Å². The first-order chi connectivity index (χ1) is 11.3. The van der Waals surface area contributed by atoms with E-state index in [1.54, 1.807) is 12.1 Å². The van der Waals surface area contributed by atoms with Crippen molar-refractivity contribution < 1.29 is 4.39 Å². The van der Waals surface area contributed by atoms with Crippen molar-refractivity contribution in [3.8, 4) is 0 Å². The Balaban J connectivity index is 2.46. The van der Waals surface area contributed by atoms with E-state index in [1.807, 2.05) is 25.2 Å². The molecule has 0 N–H and O–H groups in total. The fraction of sp³-hybridized carbons (Fsp3) is 0.300. The molecular weight excluding hydrogens is 344 g/mol. The molecule has 0 unspecified atom stereocenters. The highest BCUT2D eigenvalue weighted by Crippen LogP contribution is 2.38. The fourth-order valence-electron chi connectivity index (χ4n) is 2.84. The molecule has 0 saturated carbocycles. The maximum atomic E-state index is 13.2. The summed E-state index contributed by atoms with van der Waals surface area (Å²) in [5, 5.41) is 1.09. The normalized spacial score (nSPS) is 12.4. The predicted molar refractivity (Wildman–Crippen MR) is 103 cm³/mol. The first-order valence-electron chi connectivity index (χ1n) is 7.92. The highest BCUT2D eigenvalue weighted by Gasteiger charge is 2.29. The maximum absolute atomic E-state index is 13.2. The highest BCUT2D eigenvalue weighted by atomic mass is 35.5. The lowest BCUT2D eigenvalue weighted by atomic mass is 9.80. The maximum Gasteiger partial charge on any atom is 0.123 e. The van der Waals surface area contributed by atoms with Crippen molar-refractivity contribution in [2.45, 2.75) is 32.6 Å². The predicted octanol–water partition coefficient (Wildman–Crippen LogP) is 6.84. The van der Waals surface area contributed by atoms with Crippen LogP contribution in [0.2, 0.25) is 10.0 Å². The molecule has 0 aliphatic rings. The zero-order valence-corrected chi connectivity index (χ0v) is 15.9. The van der Waals surface area contributed by atoms with Crippen LogP contribution in [-0.4, -0.2) is 7.05 Å². The second-order valence-corrected chi connectivity index (χ2v) is 7.10. The molecule has 0 radical (unpaired) electrons. The number of hydrogen-bond acceptors (Lipinski definition) is 1. The molecule has 0 aliphatic heterocycles. The number of halogens is 3. The number of nitrogens with zero attached hydrogens (tertiary/aromatic N) is 1. The molecule has 2 aromatic rings. The molecule has 0 saturated heterocycles. The quantitative estimate of drug-likeness (QED) is 0.560. The van der Waals surface area contributed by atoms with E-state index in [4.69, 9.17) is 23.2 Å². The zero-order chi connectivity index (χ0) is 17.9. The molecule has 0 fully saturated rings. The van der Waals surface area contributed by atoms with Crippen molar-refractivity contribution >= 4 is 28.9 Å². The molecule has 0 bridgehead atoms. The summed E-state index contributed by atoms with van der Waals surface area (Å²) in [7, 11) is 1.99. The lowest BCUT2D eigenvalue weighted by Crippen LogP contribution is -2.32. The van der Waals surface area contributed by atoms with E-state index in [0.29, 0.717) is 10.0 Å². The van der Waals surface area contributed by atoms with E-state index in [-0.39, 0.29) is 11.2 Å². The van der Waals surface area contributed by atoms with Gasteiger partial charge in [-0.05, 0) is 48.4 Å². The summed E-state index contributed by atoms with van der Waals surface area (Å²) >= 11 is 12.3.